The van der Waals surface area contributed by atoms with Gasteiger partial charge in [0.1, 0.15) is 0 Å². The monoisotopic (exact) mass is 779 g/mol. The Labute approximate surface area is 255 Å². The second-order valence-corrected chi connectivity index (χ2v) is 13.1. The fourth-order valence-corrected chi connectivity index (χ4v) is 6.84. The molecular weight excluding hydrogens is 771 g/mol. The van der Waals surface area contributed by atoms with Crippen molar-refractivity contribution in [3.63, 3.8) is 0 Å². The zero-order valence-electron chi connectivity index (χ0n) is 18.6. The van der Waals surface area contributed by atoms with Crippen molar-refractivity contribution in [1.82, 2.24) is 14.2 Å². The topological polar surface area (TPSA) is 59.6 Å². The van der Waals surface area contributed by atoms with Crippen molar-refractivity contribution in [1.29, 1.82) is 0 Å². The standard InChI is InChI=1S/C24H12Br3Cl3N3O4P/c25-16-1-4-19-13(22(16)28)7-10-31(19)35-38(34,36-32-11-8-14-20(32)5-2-17(26)23(14)29)37-33-12-9-15-21(33)6-3-18(27)24(15)30/h1-12H. The first-order chi connectivity index (χ1) is 18.1. The number of hydrogen-bond donors (Lipinski definition) is 0. The molecule has 0 saturated heterocycles. The number of rotatable bonds is 6. The van der Waals surface area contributed by atoms with E-state index in [4.69, 9.17) is 48.7 Å². The molecule has 6 aromatic rings. The van der Waals surface area contributed by atoms with Crippen LogP contribution in [-0.2, 0) is 4.57 Å². The van der Waals surface area contributed by atoms with Gasteiger partial charge in [-0.05, 0) is 102 Å². The molecule has 0 unspecified atom stereocenters. The second-order valence-electron chi connectivity index (χ2n) is 8.00. The Hall–Kier alpha value is -1.78. The van der Waals surface area contributed by atoms with Crippen molar-refractivity contribution >= 4 is 123 Å². The Morgan fingerprint density at radius 3 is 1.11 bits per heavy atom. The van der Waals surface area contributed by atoms with E-state index in [9.17, 15) is 4.57 Å². The average molecular weight is 783 g/mol. The van der Waals surface area contributed by atoms with E-state index >= 15 is 0 Å². The minimum Gasteiger partial charge on any atom is -0.290 e. The van der Waals surface area contributed by atoms with Crippen molar-refractivity contribution < 1.29 is 18.4 Å². The Morgan fingerprint density at radius 1 is 0.526 bits per heavy atom. The molecule has 0 aliphatic rings. The molecule has 14 heteroatoms. The van der Waals surface area contributed by atoms with Gasteiger partial charge in [0.05, 0.1) is 31.6 Å². The summed E-state index contributed by atoms with van der Waals surface area (Å²) in [6.07, 6.45) is 4.73. The third kappa shape index (κ3) is 4.54. The largest absolute Gasteiger partial charge is 0.705 e. The first kappa shape index (κ1) is 26.4. The smallest absolute Gasteiger partial charge is 0.290 e. The molecule has 0 N–H and O–H groups in total. The fraction of sp³-hybridized carbons (Fsp3) is 0. The highest BCUT2D eigenvalue weighted by molar-refractivity contribution is 9.11. The molecule has 3 heterocycles. The van der Waals surface area contributed by atoms with Gasteiger partial charge >= 0.3 is 7.82 Å². The van der Waals surface area contributed by atoms with Crippen LogP contribution in [0.5, 0.6) is 0 Å². The van der Waals surface area contributed by atoms with Gasteiger partial charge in [0, 0.05) is 48.2 Å². The average Bonchev–Trinajstić information content (AvgIpc) is 3.59. The first-order valence-electron chi connectivity index (χ1n) is 10.7. The van der Waals surface area contributed by atoms with Crippen LogP contribution in [0.15, 0.2) is 86.6 Å². The lowest BCUT2D eigenvalue weighted by Gasteiger charge is -2.20. The highest BCUT2D eigenvalue weighted by Crippen LogP contribution is 2.44. The van der Waals surface area contributed by atoms with E-state index in [1.807, 2.05) is 0 Å². The molecule has 7 nitrogen and oxygen atoms in total. The van der Waals surface area contributed by atoms with Gasteiger partial charge in [-0.2, -0.15) is 18.8 Å². The summed E-state index contributed by atoms with van der Waals surface area (Å²) in [6.45, 7) is 0. The minimum atomic E-state index is -4.45. The second kappa shape index (κ2) is 10.0. The summed E-state index contributed by atoms with van der Waals surface area (Å²) in [5.74, 6) is 0. The number of halogens is 6. The normalized spacial score (nSPS) is 12.1. The molecule has 194 valence electrons. The maximum atomic E-state index is 14.3. The number of fused-ring (bicyclic) bond motifs is 3. The summed E-state index contributed by atoms with van der Waals surface area (Å²) in [5, 5.41) is 3.48. The van der Waals surface area contributed by atoms with Gasteiger partial charge in [-0.1, -0.05) is 34.8 Å². The lowest BCUT2D eigenvalue weighted by Crippen LogP contribution is -2.24. The van der Waals surface area contributed by atoms with E-state index in [0.717, 1.165) is 0 Å². The molecule has 0 atom stereocenters. The Bertz CT molecular complexity index is 1720. The molecule has 0 spiro atoms. The molecule has 0 amide bonds. The van der Waals surface area contributed by atoms with Crippen LogP contribution in [0.25, 0.3) is 32.7 Å². The van der Waals surface area contributed by atoms with Crippen LogP contribution in [0, 0.1) is 0 Å². The number of phosphoric acid groups is 1. The van der Waals surface area contributed by atoms with Crippen LogP contribution in [0.1, 0.15) is 0 Å². The molecule has 0 saturated carbocycles. The van der Waals surface area contributed by atoms with E-state index in [0.29, 0.717) is 61.2 Å². The van der Waals surface area contributed by atoms with Gasteiger partial charge < -0.3 is 0 Å². The quantitative estimate of drug-likeness (QED) is 0.158. The van der Waals surface area contributed by atoms with Crippen LogP contribution in [0.4, 0.5) is 0 Å². The van der Waals surface area contributed by atoms with E-state index in [1.54, 1.807) is 73.2 Å². The molecule has 0 bridgehead atoms. The highest BCUT2D eigenvalue weighted by Gasteiger charge is 2.37. The Balaban J connectivity index is 1.46. The predicted octanol–water partition coefficient (Wildman–Crippen LogP) is 9.59. The van der Waals surface area contributed by atoms with Gasteiger partial charge in [-0.25, -0.2) is 0 Å². The van der Waals surface area contributed by atoms with Crippen LogP contribution >= 0.6 is 90.4 Å². The first-order valence-corrected chi connectivity index (χ1v) is 15.7. The van der Waals surface area contributed by atoms with Crippen molar-refractivity contribution in [3.05, 3.63) is 102 Å². The van der Waals surface area contributed by atoms with Crippen molar-refractivity contribution in [2.24, 2.45) is 0 Å². The van der Waals surface area contributed by atoms with Crippen LogP contribution < -0.4 is 13.9 Å². The fourth-order valence-electron chi connectivity index (χ4n) is 3.97. The van der Waals surface area contributed by atoms with Crippen LogP contribution in [0.2, 0.25) is 15.1 Å². The lowest BCUT2D eigenvalue weighted by atomic mass is 10.2. The maximum absolute atomic E-state index is 14.3. The van der Waals surface area contributed by atoms with Crippen molar-refractivity contribution in [2.45, 2.75) is 0 Å². The summed E-state index contributed by atoms with van der Waals surface area (Å²) in [4.78, 5) is 0. The summed E-state index contributed by atoms with van der Waals surface area (Å²) < 4.78 is 38.1. The van der Waals surface area contributed by atoms with Crippen molar-refractivity contribution in [3.8, 4) is 0 Å². The highest BCUT2D eigenvalue weighted by atomic mass is 79.9. The third-order valence-electron chi connectivity index (χ3n) is 5.73. The van der Waals surface area contributed by atoms with Gasteiger partial charge in [0.15, 0.2) is 0 Å². The van der Waals surface area contributed by atoms with Crippen LogP contribution in [0.3, 0.4) is 0 Å². The zero-order valence-corrected chi connectivity index (χ0v) is 26.5. The van der Waals surface area contributed by atoms with E-state index in [-0.39, 0.29) is 0 Å². The van der Waals surface area contributed by atoms with Gasteiger partial charge in [-0.3, -0.25) is 13.9 Å². The molecule has 0 aliphatic heterocycles. The Kier molecular flexibility index (Phi) is 6.96. The minimum absolute atomic E-state index is 0.481. The molecular formula is C24H12Br3Cl3N3O4P. The molecule has 3 aromatic heterocycles. The van der Waals surface area contributed by atoms with E-state index in [2.05, 4.69) is 47.8 Å². The number of nitrogens with zero attached hydrogens (tertiary/aromatic N) is 3. The molecule has 38 heavy (non-hydrogen) atoms. The summed E-state index contributed by atoms with van der Waals surface area (Å²) in [7, 11) is -4.45. The SMILES string of the molecule is O=P(On1ccc2c(Cl)c(Br)ccc21)(On1ccc2c(Cl)c(Br)ccc21)On1ccc2c(Cl)c(Br)ccc21. The summed E-state index contributed by atoms with van der Waals surface area (Å²) in [6, 6.07) is 15.8. The Morgan fingerprint density at radius 2 is 0.816 bits per heavy atom. The van der Waals surface area contributed by atoms with Gasteiger partial charge in [-0.15, -0.1) is 0 Å². The van der Waals surface area contributed by atoms with Gasteiger partial charge in [0.25, 0.3) is 0 Å². The molecule has 0 fully saturated rings. The van der Waals surface area contributed by atoms with E-state index in [1.165, 1.54) is 14.2 Å². The predicted molar refractivity (Wildman–Crippen MR) is 161 cm³/mol. The lowest BCUT2D eigenvalue weighted by molar-refractivity contribution is 0.0989. The summed E-state index contributed by atoms with van der Waals surface area (Å²) in [5.41, 5.74) is 1.66. The number of benzene rings is 3. The maximum Gasteiger partial charge on any atom is 0.705 e. The third-order valence-corrected chi connectivity index (χ3v) is 10.8. The molecule has 0 aliphatic carbocycles. The van der Waals surface area contributed by atoms with Gasteiger partial charge in [0.2, 0.25) is 0 Å². The van der Waals surface area contributed by atoms with Crippen LogP contribution in [-0.4, -0.2) is 14.2 Å². The van der Waals surface area contributed by atoms with Crippen molar-refractivity contribution in [2.75, 3.05) is 0 Å². The summed E-state index contributed by atoms with van der Waals surface area (Å²) >= 11 is 29.6. The molecule has 6 rings (SSSR count). The zero-order chi connectivity index (χ0) is 26.8. The number of hydrogen-bond acceptors (Lipinski definition) is 4. The molecule has 3 aromatic carbocycles. The number of aromatic nitrogens is 3. The van der Waals surface area contributed by atoms with E-state index < -0.39 is 7.82 Å². The molecule has 0 radical (unpaired) electrons.